The van der Waals surface area contributed by atoms with E-state index in [4.69, 9.17) is 14.2 Å². The van der Waals surface area contributed by atoms with Gasteiger partial charge in [0.15, 0.2) is 0 Å². The van der Waals surface area contributed by atoms with Gasteiger partial charge in [0, 0.05) is 7.11 Å². The molecule has 0 unspecified atom stereocenters. The quantitative estimate of drug-likeness (QED) is 0.327. The Morgan fingerprint density at radius 2 is 1.63 bits per heavy atom. The van der Waals surface area contributed by atoms with E-state index in [1.165, 1.54) is 7.11 Å². The topological polar surface area (TPSA) is 44.8 Å². The molecule has 0 aliphatic rings. The van der Waals surface area contributed by atoms with E-state index in [1.807, 2.05) is 72.8 Å². The first kappa shape index (κ1) is 20.9. The first-order valence-corrected chi connectivity index (χ1v) is 9.16. The predicted molar refractivity (Wildman–Crippen MR) is 106 cm³/mol. The van der Waals surface area contributed by atoms with Crippen molar-refractivity contribution >= 4 is 5.97 Å². The molecule has 144 valence electrons. The smallest absolute Gasteiger partial charge is 0.309 e. The third kappa shape index (κ3) is 7.37. The summed E-state index contributed by atoms with van der Waals surface area (Å²) in [6, 6.07) is 20.0. The first-order valence-electron chi connectivity index (χ1n) is 9.16. The third-order valence-corrected chi connectivity index (χ3v) is 4.40. The van der Waals surface area contributed by atoms with E-state index in [0.29, 0.717) is 26.1 Å². The third-order valence-electron chi connectivity index (χ3n) is 4.40. The number of carbonyl (C=O) groups is 1. The molecule has 0 saturated heterocycles. The van der Waals surface area contributed by atoms with Gasteiger partial charge in [-0.15, -0.1) is 0 Å². The highest BCUT2D eigenvalue weighted by Crippen LogP contribution is 2.27. The summed E-state index contributed by atoms with van der Waals surface area (Å²) in [5.41, 5.74) is 2.20. The molecule has 0 saturated carbocycles. The number of benzene rings is 2. The highest BCUT2D eigenvalue weighted by Gasteiger charge is 2.23. The number of carbonyl (C=O) groups excluding carboxylic acids is 1. The van der Waals surface area contributed by atoms with Crippen LogP contribution in [0.5, 0.6) is 0 Å². The molecule has 2 atom stereocenters. The molecule has 0 spiro atoms. The fraction of sp³-hybridized carbons (Fsp3) is 0.348. The lowest BCUT2D eigenvalue weighted by atomic mass is 9.94. The lowest BCUT2D eigenvalue weighted by Gasteiger charge is -2.20. The minimum atomic E-state index is -0.259. The fourth-order valence-electron chi connectivity index (χ4n) is 2.90. The predicted octanol–water partition coefficient (Wildman–Crippen LogP) is 4.72. The zero-order valence-electron chi connectivity index (χ0n) is 16.0. The SMILES string of the molecule is COC(=O)[C@@H](C/C=C\COCc1ccccc1)C[C@@H](OC)c1ccccc1. The minimum Gasteiger partial charge on any atom is -0.469 e. The van der Waals surface area contributed by atoms with Crippen molar-refractivity contribution in [1.29, 1.82) is 0 Å². The Morgan fingerprint density at radius 3 is 2.26 bits per heavy atom. The van der Waals surface area contributed by atoms with Gasteiger partial charge in [0.1, 0.15) is 0 Å². The van der Waals surface area contributed by atoms with E-state index < -0.39 is 0 Å². The van der Waals surface area contributed by atoms with Gasteiger partial charge in [0.05, 0.1) is 32.3 Å². The van der Waals surface area contributed by atoms with E-state index in [-0.39, 0.29) is 18.0 Å². The molecule has 0 N–H and O–H groups in total. The Hall–Kier alpha value is -2.43. The van der Waals surface area contributed by atoms with Gasteiger partial charge in [-0.25, -0.2) is 0 Å². The number of esters is 1. The van der Waals surface area contributed by atoms with Gasteiger partial charge < -0.3 is 14.2 Å². The van der Waals surface area contributed by atoms with Gasteiger partial charge in [-0.1, -0.05) is 72.8 Å². The van der Waals surface area contributed by atoms with Gasteiger partial charge >= 0.3 is 5.97 Å². The highest BCUT2D eigenvalue weighted by molar-refractivity contribution is 5.72. The molecule has 0 amide bonds. The van der Waals surface area contributed by atoms with Crippen molar-refractivity contribution in [1.82, 2.24) is 0 Å². The summed E-state index contributed by atoms with van der Waals surface area (Å²) in [5.74, 6) is -0.478. The summed E-state index contributed by atoms with van der Waals surface area (Å²) in [4.78, 5) is 12.2. The largest absolute Gasteiger partial charge is 0.469 e. The molecule has 4 heteroatoms. The lowest BCUT2D eigenvalue weighted by molar-refractivity contribution is -0.146. The molecule has 2 aromatic carbocycles. The van der Waals surface area contributed by atoms with E-state index in [2.05, 4.69) is 0 Å². The Bertz CT molecular complexity index is 682. The van der Waals surface area contributed by atoms with Gasteiger partial charge in [0.2, 0.25) is 0 Å². The number of allylic oxidation sites excluding steroid dienone is 1. The molecular weight excluding hydrogens is 340 g/mol. The average Bonchev–Trinajstić information content (AvgIpc) is 2.73. The summed E-state index contributed by atoms with van der Waals surface area (Å²) in [6.45, 7) is 1.08. The summed E-state index contributed by atoms with van der Waals surface area (Å²) in [7, 11) is 3.09. The summed E-state index contributed by atoms with van der Waals surface area (Å²) in [5, 5.41) is 0. The molecular formula is C23H28O4. The molecule has 2 rings (SSSR count). The van der Waals surface area contributed by atoms with Crippen LogP contribution >= 0.6 is 0 Å². The molecule has 4 nitrogen and oxygen atoms in total. The second-order valence-corrected chi connectivity index (χ2v) is 6.30. The van der Waals surface area contributed by atoms with E-state index in [9.17, 15) is 4.79 Å². The van der Waals surface area contributed by atoms with Gasteiger partial charge in [0.25, 0.3) is 0 Å². The van der Waals surface area contributed by atoms with Crippen molar-refractivity contribution in [2.24, 2.45) is 5.92 Å². The normalized spacial score (nSPS) is 13.4. The molecule has 0 aliphatic carbocycles. The lowest BCUT2D eigenvalue weighted by Crippen LogP contribution is -2.19. The highest BCUT2D eigenvalue weighted by atomic mass is 16.5. The van der Waals surface area contributed by atoms with Crippen LogP contribution in [0.15, 0.2) is 72.8 Å². The van der Waals surface area contributed by atoms with Crippen molar-refractivity contribution in [2.45, 2.75) is 25.6 Å². The maximum Gasteiger partial charge on any atom is 0.309 e. The number of methoxy groups -OCH3 is 2. The monoisotopic (exact) mass is 368 g/mol. The van der Waals surface area contributed by atoms with Crippen LogP contribution in [0.2, 0.25) is 0 Å². The van der Waals surface area contributed by atoms with Crippen molar-refractivity contribution in [3.63, 3.8) is 0 Å². The van der Waals surface area contributed by atoms with Crippen LogP contribution in [-0.4, -0.2) is 26.8 Å². The fourth-order valence-corrected chi connectivity index (χ4v) is 2.90. The number of rotatable bonds is 11. The standard InChI is InChI=1S/C23H28O4/c1-25-22(20-13-7-4-8-14-20)17-21(23(24)26-2)15-9-10-16-27-18-19-11-5-3-6-12-19/h3-14,21-22H,15-18H2,1-2H3/b10-9-/t21-,22+/m0/s1. The molecule has 0 bridgehead atoms. The van der Waals surface area contributed by atoms with Crippen molar-refractivity contribution < 1.29 is 19.0 Å². The molecule has 0 radical (unpaired) electrons. The Morgan fingerprint density at radius 1 is 0.963 bits per heavy atom. The second-order valence-electron chi connectivity index (χ2n) is 6.30. The van der Waals surface area contributed by atoms with Gasteiger partial charge in [-0.2, -0.15) is 0 Å². The van der Waals surface area contributed by atoms with Crippen molar-refractivity contribution in [3.05, 3.63) is 83.9 Å². The van der Waals surface area contributed by atoms with Crippen molar-refractivity contribution in [3.8, 4) is 0 Å². The van der Waals surface area contributed by atoms with Crippen LogP contribution in [0.3, 0.4) is 0 Å². The number of hydrogen-bond donors (Lipinski definition) is 0. The van der Waals surface area contributed by atoms with Crippen LogP contribution in [-0.2, 0) is 25.6 Å². The molecule has 0 heterocycles. The Labute approximate surface area is 161 Å². The van der Waals surface area contributed by atoms with E-state index >= 15 is 0 Å². The van der Waals surface area contributed by atoms with Crippen LogP contribution in [0.25, 0.3) is 0 Å². The number of ether oxygens (including phenoxy) is 3. The molecule has 0 aromatic heterocycles. The number of hydrogen-bond acceptors (Lipinski definition) is 4. The van der Waals surface area contributed by atoms with E-state index in [0.717, 1.165) is 11.1 Å². The molecule has 2 aromatic rings. The Kier molecular flexibility index (Phi) is 9.31. The zero-order chi connectivity index (χ0) is 19.3. The van der Waals surface area contributed by atoms with Crippen molar-refractivity contribution in [2.75, 3.05) is 20.8 Å². The minimum absolute atomic E-state index is 0.141. The Balaban J connectivity index is 1.83. The van der Waals surface area contributed by atoms with Crippen LogP contribution in [0.1, 0.15) is 30.1 Å². The van der Waals surface area contributed by atoms with Crippen LogP contribution in [0, 0.1) is 5.92 Å². The summed E-state index contributed by atoms with van der Waals surface area (Å²) in [6.07, 6.45) is 4.95. The van der Waals surface area contributed by atoms with Crippen LogP contribution in [0.4, 0.5) is 0 Å². The van der Waals surface area contributed by atoms with Gasteiger partial charge in [-0.05, 0) is 24.0 Å². The average molecular weight is 368 g/mol. The molecule has 27 heavy (non-hydrogen) atoms. The molecule has 0 aliphatic heterocycles. The summed E-state index contributed by atoms with van der Waals surface area (Å²) >= 11 is 0. The maximum absolute atomic E-state index is 12.2. The van der Waals surface area contributed by atoms with Crippen LogP contribution < -0.4 is 0 Å². The summed E-state index contributed by atoms with van der Waals surface area (Å²) < 4.78 is 16.2. The maximum atomic E-state index is 12.2. The second kappa shape index (κ2) is 12.0. The van der Waals surface area contributed by atoms with E-state index in [1.54, 1.807) is 7.11 Å². The first-order chi connectivity index (χ1) is 13.2. The van der Waals surface area contributed by atoms with Gasteiger partial charge in [-0.3, -0.25) is 4.79 Å². The molecule has 0 fully saturated rings. The zero-order valence-corrected chi connectivity index (χ0v) is 16.0.